The molecule has 150 valence electrons. The van der Waals surface area contributed by atoms with Gasteiger partial charge in [-0.05, 0) is 74.5 Å². The van der Waals surface area contributed by atoms with E-state index in [-0.39, 0.29) is 33.8 Å². The summed E-state index contributed by atoms with van der Waals surface area (Å²) in [4.78, 5) is 12.6. The lowest BCUT2D eigenvalue weighted by molar-refractivity contribution is -0.174. The fraction of sp³-hybridized carbons (Fsp3) is 0.870. The summed E-state index contributed by atoms with van der Waals surface area (Å²) in [6.07, 6.45) is 6.60. The van der Waals surface area contributed by atoms with Gasteiger partial charge in [0.25, 0.3) is 0 Å². The summed E-state index contributed by atoms with van der Waals surface area (Å²) in [5.74, 6) is 1.84. The molecule has 0 aromatic carbocycles. The minimum absolute atomic E-state index is 0.00173. The first kappa shape index (κ1) is 18.8. The molecule has 27 heavy (non-hydrogen) atoms. The van der Waals surface area contributed by atoms with E-state index in [9.17, 15) is 4.79 Å². The van der Waals surface area contributed by atoms with Crippen molar-refractivity contribution < 1.29 is 14.3 Å². The highest BCUT2D eigenvalue weighted by Crippen LogP contribution is 2.69. The second-order valence-corrected chi connectivity index (χ2v) is 12.0. The van der Waals surface area contributed by atoms with Gasteiger partial charge < -0.3 is 9.47 Å². The fourth-order valence-electron chi connectivity index (χ4n) is 7.90. The van der Waals surface area contributed by atoms with Gasteiger partial charge >= 0.3 is 0 Å². The number of rotatable bonds is 0. The molecule has 3 nitrogen and oxygen atoms in total. The van der Waals surface area contributed by atoms with Gasteiger partial charge in [-0.1, -0.05) is 41.9 Å². The number of hydrogen-bond acceptors (Lipinski definition) is 3. The van der Waals surface area contributed by atoms with Gasteiger partial charge in [0.15, 0.2) is 5.79 Å². The van der Waals surface area contributed by atoms with E-state index in [0.717, 1.165) is 12.8 Å². The first-order valence-corrected chi connectivity index (χ1v) is 11.7. The molecule has 0 bridgehead atoms. The number of carbonyl (C=O) groups excluding carboxylic acids is 1. The average molecular weight is 437 g/mol. The van der Waals surface area contributed by atoms with Gasteiger partial charge in [0.1, 0.15) is 5.78 Å². The maximum Gasteiger partial charge on any atom is 0.163 e. The quantitative estimate of drug-likeness (QED) is 0.383. The molecular weight excluding hydrogens is 404 g/mol. The van der Waals surface area contributed by atoms with Gasteiger partial charge in [0.05, 0.1) is 17.0 Å². The summed E-state index contributed by atoms with van der Waals surface area (Å²) >= 11 is 3.70. The van der Waals surface area contributed by atoms with E-state index in [1.165, 1.54) is 24.8 Å². The lowest BCUT2D eigenvalue weighted by atomic mass is 9.44. The van der Waals surface area contributed by atoms with Crippen LogP contribution in [0.4, 0.5) is 0 Å². The van der Waals surface area contributed by atoms with Gasteiger partial charge in [-0.3, -0.25) is 4.79 Å². The number of ether oxygens (including phenoxy) is 2. The van der Waals surface area contributed by atoms with Crippen molar-refractivity contribution in [1.29, 1.82) is 0 Å². The van der Waals surface area contributed by atoms with Crippen LogP contribution in [-0.2, 0) is 14.3 Å². The molecule has 4 saturated carbocycles. The maximum atomic E-state index is 12.6. The average Bonchev–Trinajstić information content (AvgIpc) is 3.06. The van der Waals surface area contributed by atoms with Crippen molar-refractivity contribution in [3.63, 3.8) is 0 Å². The van der Waals surface area contributed by atoms with Crippen LogP contribution in [0.15, 0.2) is 12.2 Å². The minimum atomic E-state index is -0.553. The van der Waals surface area contributed by atoms with Crippen LogP contribution in [0.1, 0.15) is 66.2 Å². The molecule has 5 fully saturated rings. The van der Waals surface area contributed by atoms with Crippen LogP contribution in [0.5, 0.6) is 0 Å². The third kappa shape index (κ3) is 2.42. The molecule has 5 aliphatic rings. The summed E-state index contributed by atoms with van der Waals surface area (Å²) < 4.78 is 13.1. The Kier molecular flexibility index (Phi) is 3.97. The standard InChI is InChI=1S/C23H33BrO3/c1-12-6-7-13-18-14(8-9-22(12,13)4)23(5)11-16(24)17(25)10-15(23)19-20(18)27-21(2,3)26-19/h13-16,18-20H,1,6-11H2,2-5H3. The van der Waals surface area contributed by atoms with E-state index in [2.05, 4.69) is 36.4 Å². The van der Waals surface area contributed by atoms with E-state index < -0.39 is 5.79 Å². The van der Waals surface area contributed by atoms with Crippen LogP contribution in [0.2, 0.25) is 0 Å². The van der Waals surface area contributed by atoms with Crippen molar-refractivity contribution >= 4 is 21.7 Å². The molecule has 0 N–H and O–H groups in total. The maximum absolute atomic E-state index is 12.6. The van der Waals surface area contributed by atoms with E-state index in [4.69, 9.17) is 9.47 Å². The topological polar surface area (TPSA) is 35.5 Å². The first-order chi connectivity index (χ1) is 12.6. The molecule has 4 aliphatic carbocycles. The lowest BCUT2D eigenvalue weighted by Gasteiger charge is -2.62. The molecule has 9 unspecified atom stereocenters. The highest BCUT2D eigenvalue weighted by Gasteiger charge is 2.68. The molecule has 0 aromatic rings. The van der Waals surface area contributed by atoms with Crippen LogP contribution in [0.25, 0.3) is 0 Å². The Balaban J connectivity index is 1.61. The molecule has 1 aliphatic heterocycles. The summed E-state index contributed by atoms with van der Waals surface area (Å²) in [5, 5.41) is 0. The number of carbonyl (C=O) groups is 1. The second-order valence-electron chi connectivity index (χ2n) is 10.9. The van der Waals surface area contributed by atoms with Gasteiger partial charge in [-0.25, -0.2) is 0 Å². The molecule has 0 spiro atoms. The van der Waals surface area contributed by atoms with Crippen LogP contribution in [-0.4, -0.2) is 28.6 Å². The van der Waals surface area contributed by atoms with Crippen LogP contribution in [0, 0.1) is 34.5 Å². The van der Waals surface area contributed by atoms with Crippen LogP contribution >= 0.6 is 15.9 Å². The zero-order valence-electron chi connectivity index (χ0n) is 17.1. The molecule has 0 amide bonds. The first-order valence-electron chi connectivity index (χ1n) is 10.8. The van der Waals surface area contributed by atoms with Crippen molar-refractivity contribution in [2.75, 3.05) is 0 Å². The fourth-order valence-corrected chi connectivity index (χ4v) is 8.79. The summed E-state index contributed by atoms with van der Waals surface area (Å²) in [5.41, 5.74) is 1.84. The SMILES string of the molecule is C=C1CCC2C3C4OC(C)(C)OC4C4CC(=O)C(Br)CC4(C)C3CCC12C. The zero-order valence-corrected chi connectivity index (χ0v) is 18.7. The van der Waals surface area contributed by atoms with Gasteiger partial charge in [0, 0.05) is 12.3 Å². The summed E-state index contributed by atoms with van der Waals surface area (Å²) in [7, 11) is 0. The molecule has 0 aromatic heterocycles. The van der Waals surface area contributed by atoms with Crippen LogP contribution < -0.4 is 0 Å². The molecule has 4 heteroatoms. The van der Waals surface area contributed by atoms with Crippen molar-refractivity contribution in [2.24, 2.45) is 34.5 Å². The molecule has 9 atom stereocenters. The van der Waals surface area contributed by atoms with Crippen molar-refractivity contribution in [1.82, 2.24) is 0 Å². The van der Waals surface area contributed by atoms with Gasteiger partial charge in [-0.2, -0.15) is 0 Å². The van der Waals surface area contributed by atoms with Gasteiger partial charge in [-0.15, -0.1) is 0 Å². The number of allylic oxidation sites excluding steroid dienone is 1. The van der Waals surface area contributed by atoms with E-state index >= 15 is 0 Å². The number of halogens is 1. The normalized spacial score (nSPS) is 56.3. The molecule has 0 radical (unpaired) electrons. The number of ketones is 1. The molecule has 5 rings (SSSR count). The predicted molar refractivity (Wildman–Crippen MR) is 109 cm³/mol. The predicted octanol–water partition coefficient (Wildman–Crippen LogP) is 5.27. The minimum Gasteiger partial charge on any atom is -0.344 e. The van der Waals surface area contributed by atoms with Crippen LogP contribution in [0.3, 0.4) is 0 Å². The van der Waals surface area contributed by atoms with Crippen molar-refractivity contribution in [3.05, 3.63) is 12.2 Å². The number of Topliss-reactive ketones (excluding diaryl/α,β-unsaturated/α-hetero) is 1. The van der Waals surface area contributed by atoms with E-state index in [1.807, 2.05) is 13.8 Å². The Morgan fingerprint density at radius 3 is 2.48 bits per heavy atom. The van der Waals surface area contributed by atoms with E-state index in [0.29, 0.717) is 30.0 Å². The Morgan fingerprint density at radius 2 is 1.74 bits per heavy atom. The highest BCUT2D eigenvalue weighted by molar-refractivity contribution is 9.10. The lowest BCUT2D eigenvalue weighted by Crippen LogP contribution is -2.63. The van der Waals surface area contributed by atoms with Crippen molar-refractivity contribution in [2.45, 2.75) is 89.0 Å². The summed E-state index contributed by atoms with van der Waals surface area (Å²) in [6, 6.07) is 0. The number of alkyl halides is 1. The van der Waals surface area contributed by atoms with Crippen molar-refractivity contribution in [3.8, 4) is 0 Å². The number of fused-ring (bicyclic) bond motifs is 8. The smallest absolute Gasteiger partial charge is 0.163 e. The van der Waals surface area contributed by atoms with Gasteiger partial charge in [0.2, 0.25) is 0 Å². The monoisotopic (exact) mass is 436 g/mol. The third-order valence-electron chi connectivity index (χ3n) is 9.31. The largest absolute Gasteiger partial charge is 0.344 e. The Hall–Kier alpha value is -0.190. The molecule has 1 heterocycles. The summed E-state index contributed by atoms with van der Waals surface area (Å²) in [6.45, 7) is 13.5. The molecule has 1 saturated heterocycles. The second kappa shape index (κ2) is 5.70. The Morgan fingerprint density at radius 1 is 1.04 bits per heavy atom. The Labute approximate surface area is 171 Å². The van der Waals surface area contributed by atoms with E-state index in [1.54, 1.807) is 0 Å². The molecular formula is C23H33BrO3. The zero-order chi connectivity index (χ0) is 19.4. The highest BCUT2D eigenvalue weighted by atomic mass is 79.9. The number of hydrogen-bond donors (Lipinski definition) is 0. The Bertz CT molecular complexity index is 702. The third-order valence-corrected chi connectivity index (χ3v) is 10.1.